The van der Waals surface area contributed by atoms with Crippen LogP contribution in [0.3, 0.4) is 0 Å². The lowest BCUT2D eigenvalue weighted by molar-refractivity contribution is -0.122. The van der Waals surface area contributed by atoms with Crippen LogP contribution >= 0.6 is 0 Å². The van der Waals surface area contributed by atoms with Gasteiger partial charge in [0, 0.05) is 6.42 Å². The van der Waals surface area contributed by atoms with Crippen molar-refractivity contribution in [2.24, 2.45) is 5.92 Å². The van der Waals surface area contributed by atoms with Gasteiger partial charge in [-0.25, -0.2) is 0 Å². The highest BCUT2D eigenvalue weighted by atomic mass is 16.2. The molecule has 0 aromatic heterocycles. The predicted octanol–water partition coefficient (Wildman–Crippen LogP) is 2.81. The summed E-state index contributed by atoms with van der Waals surface area (Å²) >= 11 is 0. The van der Waals surface area contributed by atoms with Gasteiger partial charge in [0.2, 0.25) is 11.8 Å². The molecule has 0 saturated carbocycles. The van der Waals surface area contributed by atoms with Crippen LogP contribution in [0.1, 0.15) is 12.0 Å². The van der Waals surface area contributed by atoms with E-state index in [0.29, 0.717) is 18.5 Å². The van der Waals surface area contributed by atoms with Gasteiger partial charge in [0.25, 0.3) is 0 Å². The van der Waals surface area contributed by atoms with Gasteiger partial charge in [0.05, 0.1) is 11.6 Å². The molecule has 1 aliphatic rings. The smallest absolute Gasteiger partial charge is 0.237 e. The van der Waals surface area contributed by atoms with E-state index in [0.717, 1.165) is 5.56 Å². The fourth-order valence-corrected chi connectivity index (χ4v) is 2.60. The Balaban J connectivity index is 1.81. The van der Waals surface area contributed by atoms with Gasteiger partial charge in [-0.3, -0.25) is 14.5 Å². The number of amides is 2. The largest absolute Gasteiger partial charge is 0.274 e. The molecule has 0 N–H and O–H groups in total. The van der Waals surface area contributed by atoms with Crippen molar-refractivity contribution in [3.63, 3.8) is 0 Å². The van der Waals surface area contributed by atoms with Crippen molar-refractivity contribution >= 4 is 17.5 Å². The number of hydrogen-bond acceptors (Lipinski definition) is 2. The molecular formula is C17H15NO2. The molecule has 1 saturated heterocycles. The molecule has 1 fully saturated rings. The van der Waals surface area contributed by atoms with E-state index >= 15 is 0 Å². The molecule has 2 aromatic carbocycles. The lowest BCUT2D eigenvalue weighted by atomic mass is 9.98. The standard InChI is InChI=1S/C17H15NO2/c19-16-12-14(11-13-7-3-1-4-8-13)17(20)18(16)15-9-5-2-6-10-15/h1-10,14H,11-12H2/t14-/m0/s1. The highest BCUT2D eigenvalue weighted by Crippen LogP contribution is 2.28. The number of hydrogen-bond donors (Lipinski definition) is 0. The van der Waals surface area contributed by atoms with Crippen molar-refractivity contribution in [1.82, 2.24) is 0 Å². The zero-order valence-electron chi connectivity index (χ0n) is 11.0. The van der Waals surface area contributed by atoms with Crippen LogP contribution < -0.4 is 4.90 Å². The van der Waals surface area contributed by atoms with E-state index in [-0.39, 0.29) is 17.7 Å². The molecule has 3 nitrogen and oxygen atoms in total. The van der Waals surface area contributed by atoms with E-state index < -0.39 is 0 Å². The summed E-state index contributed by atoms with van der Waals surface area (Å²) < 4.78 is 0. The summed E-state index contributed by atoms with van der Waals surface area (Å²) in [5, 5.41) is 0. The first-order valence-corrected chi connectivity index (χ1v) is 6.71. The topological polar surface area (TPSA) is 37.4 Å². The first-order chi connectivity index (χ1) is 9.75. The fourth-order valence-electron chi connectivity index (χ4n) is 2.60. The van der Waals surface area contributed by atoms with E-state index in [1.807, 2.05) is 48.5 Å². The zero-order valence-corrected chi connectivity index (χ0v) is 11.0. The van der Waals surface area contributed by atoms with Crippen molar-refractivity contribution < 1.29 is 9.59 Å². The molecule has 20 heavy (non-hydrogen) atoms. The number of rotatable bonds is 3. The average Bonchev–Trinajstić information content (AvgIpc) is 2.75. The maximum atomic E-state index is 12.4. The van der Waals surface area contributed by atoms with Crippen molar-refractivity contribution in [3.8, 4) is 0 Å². The zero-order chi connectivity index (χ0) is 13.9. The molecular weight excluding hydrogens is 250 g/mol. The second-order valence-electron chi connectivity index (χ2n) is 4.99. The summed E-state index contributed by atoms with van der Waals surface area (Å²) in [5.41, 5.74) is 1.76. The number of para-hydroxylation sites is 1. The molecule has 0 aliphatic carbocycles. The van der Waals surface area contributed by atoms with Gasteiger partial charge in [-0.2, -0.15) is 0 Å². The van der Waals surface area contributed by atoms with Crippen LogP contribution in [-0.4, -0.2) is 11.8 Å². The van der Waals surface area contributed by atoms with Gasteiger partial charge in [0.1, 0.15) is 0 Å². The minimum atomic E-state index is -0.245. The molecule has 2 amide bonds. The Morgan fingerprint density at radius 2 is 1.50 bits per heavy atom. The number of carbonyl (C=O) groups is 2. The van der Waals surface area contributed by atoms with Crippen LogP contribution in [0.25, 0.3) is 0 Å². The Morgan fingerprint density at radius 1 is 0.900 bits per heavy atom. The summed E-state index contributed by atoms with van der Waals surface area (Å²) in [4.78, 5) is 25.8. The normalized spacial score (nSPS) is 18.6. The van der Waals surface area contributed by atoms with E-state index in [1.165, 1.54) is 4.90 Å². The number of imide groups is 1. The second-order valence-corrected chi connectivity index (χ2v) is 4.99. The summed E-state index contributed by atoms with van der Waals surface area (Å²) in [6.45, 7) is 0. The quantitative estimate of drug-likeness (QED) is 0.800. The van der Waals surface area contributed by atoms with E-state index in [1.54, 1.807) is 12.1 Å². The monoisotopic (exact) mass is 265 g/mol. The lowest BCUT2D eigenvalue weighted by Gasteiger charge is -2.14. The molecule has 1 aliphatic heterocycles. The highest BCUT2D eigenvalue weighted by Gasteiger charge is 2.39. The van der Waals surface area contributed by atoms with Gasteiger partial charge in [-0.05, 0) is 24.1 Å². The Kier molecular flexibility index (Phi) is 3.33. The summed E-state index contributed by atoms with van der Waals surface area (Å²) in [7, 11) is 0. The minimum Gasteiger partial charge on any atom is -0.274 e. The van der Waals surface area contributed by atoms with E-state index in [9.17, 15) is 9.59 Å². The fraction of sp³-hybridized carbons (Fsp3) is 0.176. The molecule has 3 heteroatoms. The van der Waals surface area contributed by atoms with Crippen molar-refractivity contribution in [1.29, 1.82) is 0 Å². The molecule has 100 valence electrons. The van der Waals surface area contributed by atoms with Crippen LogP contribution in [0.5, 0.6) is 0 Å². The van der Waals surface area contributed by atoms with Crippen LogP contribution in [0.15, 0.2) is 60.7 Å². The molecule has 1 atom stereocenters. The number of nitrogens with zero attached hydrogens (tertiary/aromatic N) is 1. The average molecular weight is 265 g/mol. The Bertz CT molecular complexity index is 622. The van der Waals surface area contributed by atoms with Gasteiger partial charge in [0.15, 0.2) is 0 Å². The molecule has 0 bridgehead atoms. The molecule has 1 heterocycles. The van der Waals surface area contributed by atoms with Crippen LogP contribution in [-0.2, 0) is 16.0 Å². The number of carbonyl (C=O) groups excluding carboxylic acids is 2. The van der Waals surface area contributed by atoms with Crippen molar-refractivity contribution in [2.75, 3.05) is 4.90 Å². The molecule has 2 aromatic rings. The predicted molar refractivity (Wildman–Crippen MR) is 77.2 cm³/mol. The van der Waals surface area contributed by atoms with Crippen LogP contribution in [0, 0.1) is 5.92 Å². The number of benzene rings is 2. The first kappa shape index (κ1) is 12.6. The van der Waals surface area contributed by atoms with Crippen molar-refractivity contribution in [2.45, 2.75) is 12.8 Å². The SMILES string of the molecule is O=C1C[C@H](Cc2ccccc2)C(=O)N1c1ccccc1. The van der Waals surface area contributed by atoms with Crippen molar-refractivity contribution in [3.05, 3.63) is 66.2 Å². The van der Waals surface area contributed by atoms with Gasteiger partial charge in [-0.15, -0.1) is 0 Å². The van der Waals surface area contributed by atoms with Gasteiger partial charge >= 0.3 is 0 Å². The van der Waals surface area contributed by atoms with E-state index in [2.05, 4.69) is 0 Å². The van der Waals surface area contributed by atoms with Crippen LogP contribution in [0.4, 0.5) is 5.69 Å². The minimum absolute atomic E-state index is 0.0925. The first-order valence-electron chi connectivity index (χ1n) is 6.71. The third-order valence-electron chi connectivity index (χ3n) is 3.58. The summed E-state index contributed by atoms with van der Waals surface area (Å²) in [5.74, 6) is -0.447. The Hall–Kier alpha value is -2.42. The Labute approximate surface area is 117 Å². The Morgan fingerprint density at radius 3 is 2.15 bits per heavy atom. The van der Waals surface area contributed by atoms with Gasteiger partial charge in [-0.1, -0.05) is 48.5 Å². The molecule has 3 rings (SSSR count). The third kappa shape index (κ3) is 2.35. The third-order valence-corrected chi connectivity index (χ3v) is 3.58. The van der Waals surface area contributed by atoms with Crippen LogP contribution in [0.2, 0.25) is 0 Å². The highest BCUT2D eigenvalue weighted by molar-refractivity contribution is 6.20. The van der Waals surface area contributed by atoms with E-state index in [4.69, 9.17) is 0 Å². The maximum Gasteiger partial charge on any atom is 0.237 e. The van der Waals surface area contributed by atoms with Gasteiger partial charge < -0.3 is 0 Å². The summed E-state index contributed by atoms with van der Waals surface area (Å²) in [6, 6.07) is 18.9. The molecule has 0 radical (unpaired) electrons. The molecule has 0 unspecified atom stereocenters. The second kappa shape index (κ2) is 5.29. The maximum absolute atomic E-state index is 12.4. The molecule has 0 spiro atoms. The number of anilines is 1. The summed E-state index contributed by atoms with van der Waals surface area (Å²) in [6.07, 6.45) is 0.914. The lowest BCUT2D eigenvalue weighted by Crippen LogP contribution is -2.30.